The topological polar surface area (TPSA) is 44.8 Å². The zero-order valence-corrected chi connectivity index (χ0v) is 35.4. The summed E-state index contributed by atoms with van der Waals surface area (Å²) in [5.41, 5.74) is 0.716. The first-order chi connectivity index (χ1) is 25.3. The average Bonchev–Trinajstić information content (AvgIpc) is 3.30. The number of benzene rings is 4. The lowest BCUT2D eigenvalue weighted by atomic mass is 9.88. The number of carbonyl (C=O) groups is 1. The molecule has 1 heterocycles. The average molecular weight is 747 g/mol. The van der Waals surface area contributed by atoms with E-state index in [1.54, 1.807) is 0 Å². The SMILES string of the molecule is CC(C=O)CCC[C@]1(C)OCC(=CCO[Si](c2ccccc2)(c2ccccc2)C(C)(C)C)CC[C@H]1O[Si](c1ccccc1)(c1ccccc1)C(C)(C)C. The van der Waals surface area contributed by atoms with Crippen LogP contribution in [0.15, 0.2) is 133 Å². The van der Waals surface area contributed by atoms with Gasteiger partial charge in [-0.15, -0.1) is 0 Å². The number of ether oxygens (including phenoxy) is 1. The maximum absolute atomic E-state index is 11.6. The van der Waals surface area contributed by atoms with Gasteiger partial charge < -0.3 is 18.4 Å². The normalized spacial score (nSPS) is 20.2. The Morgan fingerprint density at radius 3 is 1.58 bits per heavy atom. The molecule has 0 radical (unpaired) electrons. The minimum Gasteiger partial charge on any atom is -0.404 e. The monoisotopic (exact) mass is 746 g/mol. The Balaban J connectivity index is 1.51. The van der Waals surface area contributed by atoms with Gasteiger partial charge in [-0.05, 0) is 75.4 Å². The number of hydrogen-bond acceptors (Lipinski definition) is 4. The second kappa shape index (κ2) is 17.4. The minimum atomic E-state index is -2.86. The lowest BCUT2D eigenvalue weighted by Crippen LogP contribution is -2.69. The van der Waals surface area contributed by atoms with Gasteiger partial charge >= 0.3 is 0 Å². The predicted octanol–water partition coefficient (Wildman–Crippen LogP) is 9.01. The van der Waals surface area contributed by atoms with E-state index in [4.69, 9.17) is 13.6 Å². The summed E-state index contributed by atoms with van der Waals surface area (Å²) in [6.45, 7) is 19.3. The van der Waals surface area contributed by atoms with Crippen LogP contribution in [0.5, 0.6) is 0 Å². The third-order valence-electron chi connectivity index (χ3n) is 11.4. The molecular formula is C47H62O4Si2. The second-order valence-corrected chi connectivity index (χ2v) is 25.8. The molecule has 3 atom stereocenters. The van der Waals surface area contributed by atoms with E-state index in [1.165, 1.54) is 26.3 Å². The lowest BCUT2D eigenvalue weighted by Gasteiger charge is -2.48. The number of aldehydes is 1. The van der Waals surface area contributed by atoms with Crippen molar-refractivity contribution in [2.45, 2.75) is 109 Å². The summed E-state index contributed by atoms with van der Waals surface area (Å²) >= 11 is 0. The lowest BCUT2D eigenvalue weighted by molar-refractivity contribution is -0.111. The van der Waals surface area contributed by atoms with E-state index >= 15 is 0 Å². The van der Waals surface area contributed by atoms with Gasteiger partial charge in [-0.25, -0.2) is 0 Å². The molecule has 5 rings (SSSR count). The molecule has 1 saturated heterocycles. The molecule has 1 unspecified atom stereocenters. The number of rotatable bonds is 14. The molecule has 1 aliphatic heterocycles. The van der Waals surface area contributed by atoms with Crippen molar-refractivity contribution in [3.63, 3.8) is 0 Å². The van der Waals surface area contributed by atoms with E-state index in [1.807, 2.05) is 6.92 Å². The summed E-state index contributed by atoms with van der Waals surface area (Å²) in [6, 6.07) is 43.5. The summed E-state index contributed by atoms with van der Waals surface area (Å²) in [5, 5.41) is 4.86. The molecule has 0 saturated carbocycles. The maximum atomic E-state index is 11.6. The van der Waals surface area contributed by atoms with Crippen molar-refractivity contribution in [1.29, 1.82) is 0 Å². The Hall–Kier alpha value is -3.40. The number of carbonyl (C=O) groups excluding carboxylic acids is 1. The smallest absolute Gasteiger partial charge is 0.261 e. The molecule has 0 spiro atoms. The van der Waals surface area contributed by atoms with Crippen molar-refractivity contribution >= 4 is 43.7 Å². The van der Waals surface area contributed by atoms with Crippen LogP contribution in [0.4, 0.5) is 0 Å². The predicted molar refractivity (Wildman–Crippen MR) is 227 cm³/mol. The molecule has 1 aliphatic rings. The van der Waals surface area contributed by atoms with E-state index in [-0.39, 0.29) is 22.1 Å². The first-order valence-corrected chi connectivity index (χ1v) is 23.4. The molecule has 0 aromatic heterocycles. The molecule has 0 N–H and O–H groups in total. The van der Waals surface area contributed by atoms with Gasteiger partial charge in [0, 0.05) is 5.92 Å². The van der Waals surface area contributed by atoms with E-state index in [0.29, 0.717) is 13.2 Å². The summed E-state index contributed by atoms with van der Waals surface area (Å²) in [5.74, 6) is 0.0227. The third-order valence-corrected chi connectivity index (χ3v) is 21.4. The second-order valence-electron chi connectivity index (χ2n) is 17.3. The highest BCUT2D eigenvalue weighted by Gasteiger charge is 2.54. The van der Waals surface area contributed by atoms with Gasteiger partial charge in [0.15, 0.2) is 0 Å². The summed E-state index contributed by atoms with van der Waals surface area (Å²) in [7, 11) is -5.54. The van der Waals surface area contributed by atoms with Crippen LogP contribution < -0.4 is 20.7 Å². The summed E-state index contributed by atoms with van der Waals surface area (Å²) in [4.78, 5) is 11.6. The first-order valence-electron chi connectivity index (χ1n) is 19.6. The van der Waals surface area contributed by atoms with Crippen molar-refractivity contribution in [1.82, 2.24) is 0 Å². The van der Waals surface area contributed by atoms with Gasteiger partial charge in [-0.2, -0.15) is 0 Å². The zero-order chi connectivity index (χ0) is 38.2. The highest BCUT2D eigenvalue weighted by molar-refractivity contribution is 7.00. The van der Waals surface area contributed by atoms with Crippen molar-refractivity contribution in [2.24, 2.45) is 5.92 Å². The molecule has 0 aliphatic carbocycles. The Bertz CT molecular complexity index is 1670. The number of hydrogen-bond donors (Lipinski definition) is 0. The molecule has 6 heteroatoms. The van der Waals surface area contributed by atoms with E-state index < -0.39 is 22.2 Å². The minimum absolute atomic E-state index is 0.0227. The quantitative estimate of drug-likeness (QED) is 0.0735. The van der Waals surface area contributed by atoms with Crippen LogP contribution in [-0.2, 0) is 18.4 Å². The van der Waals surface area contributed by atoms with Gasteiger partial charge in [0.25, 0.3) is 16.6 Å². The van der Waals surface area contributed by atoms with Crippen molar-refractivity contribution in [2.75, 3.05) is 13.2 Å². The maximum Gasteiger partial charge on any atom is 0.261 e. The van der Waals surface area contributed by atoms with Crippen molar-refractivity contribution in [3.05, 3.63) is 133 Å². The fourth-order valence-corrected chi connectivity index (χ4v) is 17.7. The van der Waals surface area contributed by atoms with Crippen LogP contribution in [0.1, 0.15) is 87.5 Å². The van der Waals surface area contributed by atoms with Crippen LogP contribution in [0.25, 0.3) is 0 Å². The van der Waals surface area contributed by atoms with E-state index in [9.17, 15) is 4.79 Å². The molecule has 4 aromatic carbocycles. The molecular weight excluding hydrogens is 685 g/mol. The molecule has 53 heavy (non-hydrogen) atoms. The largest absolute Gasteiger partial charge is 0.404 e. The van der Waals surface area contributed by atoms with Gasteiger partial charge in [-0.3, -0.25) is 0 Å². The van der Waals surface area contributed by atoms with Gasteiger partial charge in [0.1, 0.15) is 6.29 Å². The van der Waals surface area contributed by atoms with E-state index in [0.717, 1.165) is 38.4 Å². The van der Waals surface area contributed by atoms with Gasteiger partial charge in [-0.1, -0.05) is 176 Å². The molecule has 0 amide bonds. The van der Waals surface area contributed by atoms with Gasteiger partial charge in [0.05, 0.1) is 24.9 Å². The molecule has 0 bridgehead atoms. The van der Waals surface area contributed by atoms with Crippen LogP contribution in [0.3, 0.4) is 0 Å². The van der Waals surface area contributed by atoms with Gasteiger partial charge in [0.2, 0.25) is 0 Å². The van der Waals surface area contributed by atoms with Crippen molar-refractivity contribution < 1.29 is 18.4 Å². The third kappa shape index (κ3) is 8.95. The Morgan fingerprint density at radius 2 is 1.17 bits per heavy atom. The van der Waals surface area contributed by atoms with Crippen LogP contribution in [0.2, 0.25) is 10.1 Å². The highest BCUT2D eigenvalue weighted by atomic mass is 28.4. The van der Waals surface area contributed by atoms with Crippen LogP contribution in [0, 0.1) is 5.92 Å². The molecule has 1 fully saturated rings. The van der Waals surface area contributed by atoms with Crippen LogP contribution in [-0.4, -0.2) is 47.8 Å². The van der Waals surface area contributed by atoms with Crippen molar-refractivity contribution in [3.8, 4) is 0 Å². The standard InChI is InChI=1S/C47H62O4Si2/c1-38(36-48)22-21-34-47(8)44(51-53(46(5,6)7,42-27-17-11-18-28-42)43-29-19-12-20-30-43)32-31-39(37-49-47)33-35-50-52(45(2,3)4,40-23-13-9-14-24-40)41-25-15-10-16-26-41/h9-20,23-30,33,36,38,44H,21-22,31-32,34-35,37H2,1-8H3/t38?,44-,47+/m1/s1. The van der Waals surface area contributed by atoms with Crippen LogP contribution >= 0.6 is 0 Å². The Labute approximate surface area is 322 Å². The Kier molecular flexibility index (Phi) is 13.4. The molecule has 4 aromatic rings. The Morgan fingerprint density at radius 1 is 0.736 bits per heavy atom. The zero-order valence-electron chi connectivity index (χ0n) is 33.4. The molecule has 282 valence electrons. The van der Waals surface area contributed by atoms with E-state index in [2.05, 4.69) is 176 Å². The fourth-order valence-electron chi connectivity index (χ4n) is 8.42. The summed E-state index contributed by atoms with van der Waals surface area (Å²) in [6.07, 6.45) is 7.47. The highest BCUT2D eigenvalue weighted by Crippen LogP contribution is 2.43. The first kappa shape index (κ1) is 40.8. The fraction of sp³-hybridized carbons (Fsp3) is 0.426. The summed E-state index contributed by atoms with van der Waals surface area (Å²) < 4.78 is 22.2. The molecule has 4 nitrogen and oxygen atoms in total.